The molecule has 10 nitrogen and oxygen atoms in total. The number of aliphatic hydroxyl groups excluding tert-OH is 1. The van der Waals surface area contributed by atoms with E-state index in [0.29, 0.717) is 42.0 Å². The van der Waals surface area contributed by atoms with E-state index in [2.05, 4.69) is 15.6 Å². The Hall–Kier alpha value is -3.70. The van der Waals surface area contributed by atoms with Crippen LogP contribution in [0.1, 0.15) is 23.7 Å². The summed E-state index contributed by atoms with van der Waals surface area (Å²) >= 11 is 6.23. The quantitative estimate of drug-likeness (QED) is 0.193. The topological polar surface area (TPSA) is 148 Å². The van der Waals surface area contributed by atoms with E-state index in [1.807, 2.05) is 4.57 Å². The Balaban J connectivity index is 1.73. The number of aliphatic hydroxyl groups is 1. The zero-order valence-corrected chi connectivity index (χ0v) is 19.1. The molecule has 0 saturated carbocycles. The first kappa shape index (κ1) is 24.9. The van der Waals surface area contributed by atoms with Crippen molar-refractivity contribution in [3.8, 4) is 11.1 Å². The Bertz CT molecular complexity index is 1200. The van der Waals surface area contributed by atoms with Gasteiger partial charge in [-0.05, 0) is 37.6 Å². The minimum Gasteiger partial charge on any atom is -0.394 e. The molecule has 3 aromatic rings. The lowest BCUT2D eigenvalue weighted by Crippen LogP contribution is -2.35. The van der Waals surface area contributed by atoms with Crippen LogP contribution in [0.4, 0.5) is 21.7 Å². The van der Waals surface area contributed by atoms with Crippen molar-refractivity contribution < 1.29 is 19.2 Å². The molecule has 0 aliphatic carbocycles. The summed E-state index contributed by atoms with van der Waals surface area (Å²) in [5.41, 5.74) is 6.72. The SMILES string of the molecule is C[C@H](CO)NC(=O)c1cn(CCCNc2ccc([N+](=O)[O-])c(N)n2)cc1-c1ccc(F)cc1Cl. The van der Waals surface area contributed by atoms with E-state index in [9.17, 15) is 24.4 Å². The van der Waals surface area contributed by atoms with Crippen molar-refractivity contribution in [3.63, 3.8) is 0 Å². The highest BCUT2D eigenvalue weighted by Crippen LogP contribution is 2.32. The maximum Gasteiger partial charge on any atom is 0.311 e. The first-order chi connectivity index (χ1) is 16.2. The lowest BCUT2D eigenvalue weighted by Gasteiger charge is -2.11. The monoisotopic (exact) mass is 490 g/mol. The highest BCUT2D eigenvalue weighted by atomic mass is 35.5. The molecule has 3 rings (SSSR count). The van der Waals surface area contributed by atoms with Crippen LogP contribution in [0.5, 0.6) is 0 Å². The molecular formula is C22H24ClFN6O4. The van der Waals surface area contributed by atoms with Crippen molar-refractivity contribution in [1.29, 1.82) is 0 Å². The fourth-order valence-corrected chi connectivity index (χ4v) is 3.56. The number of carbonyl (C=O) groups is 1. The number of pyridine rings is 1. The number of nitro groups is 1. The van der Waals surface area contributed by atoms with Gasteiger partial charge >= 0.3 is 5.69 Å². The molecular weight excluding hydrogens is 467 g/mol. The van der Waals surface area contributed by atoms with Crippen molar-refractivity contribution in [3.05, 3.63) is 69.2 Å². The van der Waals surface area contributed by atoms with Crippen LogP contribution in [0.25, 0.3) is 11.1 Å². The summed E-state index contributed by atoms with van der Waals surface area (Å²) in [4.78, 5) is 27.0. The third-order valence-electron chi connectivity index (χ3n) is 5.00. The summed E-state index contributed by atoms with van der Waals surface area (Å²) < 4.78 is 15.3. The highest BCUT2D eigenvalue weighted by Gasteiger charge is 2.19. The molecule has 180 valence electrons. The molecule has 0 aliphatic rings. The lowest BCUT2D eigenvalue weighted by atomic mass is 10.0. The zero-order valence-electron chi connectivity index (χ0n) is 18.3. The molecule has 1 atom stereocenters. The standard InChI is InChI=1S/C22H24ClFN6O4/c1-13(12-31)27-22(32)17-11-29(10-16(17)15-4-3-14(24)9-18(15)23)8-2-7-26-20-6-5-19(30(33)34)21(25)28-20/h3-6,9-11,13,31H,2,7-8,12H2,1H3,(H,27,32)(H3,25,26,28)/t13-/m1/s1. The number of halogens is 2. The minimum atomic E-state index is -0.599. The van der Waals surface area contributed by atoms with Gasteiger partial charge in [-0.25, -0.2) is 9.37 Å². The van der Waals surface area contributed by atoms with Crippen LogP contribution in [-0.2, 0) is 6.54 Å². The highest BCUT2D eigenvalue weighted by molar-refractivity contribution is 6.33. The van der Waals surface area contributed by atoms with E-state index in [-0.39, 0.29) is 29.0 Å². The van der Waals surface area contributed by atoms with E-state index in [0.717, 1.165) is 0 Å². The molecule has 2 aromatic heterocycles. The molecule has 0 fully saturated rings. The van der Waals surface area contributed by atoms with E-state index in [1.54, 1.807) is 19.3 Å². The molecule has 0 saturated heterocycles. The van der Waals surface area contributed by atoms with Gasteiger partial charge in [0, 0.05) is 48.7 Å². The molecule has 12 heteroatoms. The maximum absolute atomic E-state index is 13.5. The number of benzene rings is 1. The van der Waals surface area contributed by atoms with Crippen molar-refractivity contribution in [2.24, 2.45) is 0 Å². The normalized spacial score (nSPS) is 11.8. The average Bonchev–Trinajstić information content (AvgIpc) is 3.20. The minimum absolute atomic E-state index is 0.172. The van der Waals surface area contributed by atoms with Crippen LogP contribution in [0.2, 0.25) is 5.02 Å². The number of nitrogens with zero attached hydrogens (tertiary/aromatic N) is 3. The van der Waals surface area contributed by atoms with E-state index >= 15 is 0 Å². The number of hydrogen-bond acceptors (Lipinski definition) is 7. The Morgan fingerprint density at radius 3 is 2.74 bits per heavy atom. The summed E-state index contributed by atoms with van der Waals surface area (Å²) in [6.45, 7) is 2.46. The fourth-order valence-electron chi connectivity index (χ4n) is 3.29. The molecule has 1 aromatic carbocycles. The smallest absolute Gasteiger partial charge is 0.311 e. The maximum atomic E-state index is 13.5. The van der Waals surface area contributed by atoms with Gasteiger partial charge in [0.05, 0.1) is 22.1 Å². The number of aromatic nitrogens is 2. The number of nitrogen functional groups attached to an aromatic ring is 1. The van der Waals surface area contributed by atoms with Gasteiger partial charge in [0.2, 0.25) is 5.82 Å². The van der Waals surface area contributed by atoms with Crippen LogP contribution in [-0.4, -0.2) is 44.7 Å². The molecule has 5 N–H and O–H groups in total. The second-order valence-corrected chi connectivity index (χ2v) is 8.05. The molecule has 0 aliphatic heterocycles. The summed E-state index contributed by atoms with van der Waals surface area (Å²) in [6.07, 6.45) is 4.04. The van der Waals surface area contributed by atoms with Crippen molar-refractivity contribution in [2.45, 2.75) is 25.9 Å². The number of anilines is 2. The molecule has 2 heterocycles. The van der Waals surface area contributed by atoms with E-state index in [1.165, 1.54) is 30.3 Å². The van der Waals surface area contributed by atoms with Crippen LogP contribution in [0, 0.1) is 15.9 Å². The molecule has 0 spiro atoms. The van der Waals surface area contributed by atoms with Gasteiger partial charge in [-0.3, -0.25) is 14.9 Å². The van der Waals surface area contributed by atoms with Crippen molar-refractivity contribution >= 4 is 34.8 Å². The molecule has 1 amide bonds. The van der Waals surface area contributed by atoms with Gasteiger partial charge in [0.15, 0.2) is 0 Å². The Kier molecular flexibility index (Phi) is 8.03. The summed E-state index contributed by atoms with van der Waals surface area (Å²) in [7, 11) is 0. The van der Waals surface area contributed by atoms with Crippen molar-refractivity contribution in [1.82, 2.24) is 14.9 Å². The van der Waals surface area contributed by atoms with Crippen LogP contribution >= 0.6 is 11.6 Å². The van der Waals surface area contributed by atoms with E-state index < -0.39 is 16.8 Å². The van der Waals surface area contributed by atoms with Crippen LogP contribution < -0.4 is 16.4 Å². The molecule has 0 radical (unpaired) electrons. The number of hydrogen-bond donors (Lipinski definition) is 4. The number of carbonyl (C=O) groups excluding carboxylic acids is 1. The number of nitrogens with two attached hydrogens (primary N) is 1. The average molecular weight is 491 g/mol. The van der Waals surface area contributed by atoms with Crippen molar-refractivity contribution in [2.75, 3.05) is 24.2 Å². The Morgan fingerprint density at radius 1 is 1.32 bits per heavy atom. The largest absolute Gasteiger partial charge is 0.394 e. The summed E-state index contributed by atoms with van der Waals surface area (Å²) in [5.74, 6) is -0.638. The number of rotatable bonds is 10. The first-order valence-corrected chi connectivity index (χ1v) is 10.8. The van der Waals surface area contributed by atoms with Gasteiger partial charge in [0.25, 0.3) is 5.91 Å². The Morgan fingerprint density at radius 2 is 2.09 bits per heavy atom. The third kappa shape index (κ3) is 6.00. The van der Waals surface area contributed by atoms with Gasteiger partial charge in [-0.2, -0.15) is 0 Å². The van der Waals surface area contributed by atoms with Gasteiger partial charge in [-0.1, -0.05) is 11.6 Å². The second kappa shape index (κ2) is 10.9. The first-order valence-electron chi connectivity index (χ1n) is 10.4. The molecule has 34 heavy (non-hydrogen) atoms. The Labute approximate surface area is 199 Å². The van der Waals surface area contributed by atoms with Crippen LogP contribution in [0.15, 0.2) is 42.7 Å². The van der Waals surface area contributed by atoms with Gasteiger partial charge in [0.1, 0.15) is 11.6 Å². The third-order valence-corrected chi connectivity index (χ3v) is 5.31. The summed E-state index contributed by atoms with van der Waals surface area (Å²) in [5, 5.41) is 26.0. The number of amides is 1. The zero-order chi connectivity index (χ0) is 24.8. The predicted molar refractivity (Wildman–Crippen MR) is 127 cm³/mol. The predicted octanol–water partition coefficient (Wildman–Crippen LogP) is 3.45. The number of aryl methyl sites for hydroxylation is 1. The summed E-state index contributed by atoms with van der Waals surface area (Å²) in [6, 6.07) is 6.27. The number of nitrogens with one attached hydrogen (secondary N) is 2. The second-order valence-electron chi connectivity index (χ2n) is 7.64. The van der Waals surface area contributed by atoms with Gasteiger partial charge in [-0.15, -0.1) is 0 Å². The van der Waals surface area contributed by atoms with E-state index in [4.69, 9.17) is 17.3 Å². The van der Waals surface area contributed by atoms with Crippen LogP contribution in [0.3, 0.4) is 0 Å². The fraction of sp³-hybridized carbons (Fsp3) is 0.273. The van der Waals surface area contributed by atoms with Gasteiger partial charge < -0.3 is 26.0 Å². The lowest BCUT2D eigenvalue weighted by molar-refractivity contribution is -0.384. The molecule has 0 bridgehead atoms. The molecule has 0 unspecified atom stereocenters.